The fourth-order valence-electron chi connectivity index (χ4n) is 3.08. The molecule has 1 heterocycles. The summed E-state index contributed by atoms with van der Waals surface area (Å²) < 4.78 is 5.74. The van der Waals surface area contributed by atoms with Gasteiger partial charge in [-0.2, -0.15) is 0 Å². The smallest absolute Gasteiger partial charge is 0.0745 e. The highest BCUT2D eigenvalue weighted by Gasteiger charge is 2.33. The lowest BCUT2D eigenvalue weighted by atomic mass is 9.77. The van der Waals surface area contributed by atoms with Gasteiger partial charge in [-0.25, -0.2) is 0 Å². The molecule has 1 saturated heterocycles. The van der Waals surface area contributed by atoms with E-state index in [1.807, 2.05) is 0 Å². The van der Waals surface area contributed by atoms with Crippen LogP contribution in [-0.2, 0) is 4.74 Å². The van der Waals surface area contributed by atoms with Gasteiger partial charge in [0.2, 0.25) is 0 Å². The zero-order valence-electron chi connectivity index (χ0n) is 9.74. The summed E-state index contributed by atoms with van der Waals surface area (Å²) >= 11 is 0. The van der Waals surface area contributed by atoms with Gasteiger partial charge in [-0.3, -0.25) is 11.3 Å². The van der Waals surface area contributed by atoms with Crippen molar-refractivity contribution in [1.82, 2.24) is 5.43 Å². The van der Waals surface area contributed by atoms with E-state index in [1.165, 1.54) is 38.5 Å². The van der Waals surface area contributed by atoms with Crippen LogP contribution < -0.4 is 11.3 Å². The van der Waals surface area contributed by atoms with Gasteiger partial charge < -0.3 is 4.74 Å². The average molecular weight is 212 g/mol. The van der Waals surface area contributed by atoms with E-state index in [-0.39, 0.29) is 0 Å². The van der Waals surface area contributed by atoms with Gasteiger partial charge in [0, 0.05) is 6.61 Å². The third kappa shape index (κ3) is 2.71. The predicted octanol–water partition coefficient (Wildman–Crippen LogP) is 1.82. The van der Waals surface area contributed by atoms with E-state index in [4.69, 9.17) is 10.6 Å². The second kappa shape index (κ2) is 5.28. The minimum Gasteiger partial charge on any atom is -0.377 e. The summed E-state index contributed by atoms with van der Waals surface area (Å²) in [4.78, 5) is 0. The van der Waals surface area contributed by atoms with Gasteiger partial charge >= 0.3 is 0 Å². The summed E-state index contributed by atoms with van der Waals surface area (Å²) in [7, 11) is 0. The van der Waals surface area contributed by atoms with E-state index >= 15 is 0 Å². The minimum atomic E-state index is 0.369. The highest BCUT2D eigenvalue weighted by Crippen LogP contribution is 2.33. The van der Waals surface area contributed by atoms with Crippen LogP contribution in [0.25, 0.3) is 0 Å². The van der Waals surface area contributed by atoms with Crippen LogP contribution in [0, 0.1) is 11.8 Å². The lowest BCUT2D eigenvalue weighted by Crippen LogP contribution is -2.49. The lowest BCUT2D eigenvalue weighted by molar-refractivity contribution is 0.0462. The van der Waals surface area contributed by atoms with Crippen LogP contribution in [0.5, 0.6) is 0 Å². The van der Waals surface area contributed by atoms with E-state index in [1.54, 1.807) is 0 Å². The Labute approximate surface area is 92.7 Å². The molecular formula is C12H24N2O. The van der Waals surface area contributed by atoms with Crippen LogP contribution in [0.15, 0.2) is 0 Å². The molecule has 3 nitrogen and oxygen atoms in total. The molecule has 2 unspecified atom stereocenters. The first-order valence-electron chi connectivity index (χ1n) is 6.39. The number of hydrogen-bond donors (Lipinski definition) is 2. The van der Waals surface area contributed by atoms with Gasteiger partial charge in [-0.15, -0.1) is 0 Å². The number of rotatable bonds is 3. The van der Waals surface area contributed by atoms with Crippen LogP contribution in [-0.4, -0.2) is 18.8 Å². The molecule has 0 aromatic rings. The van der Waals surface area contributed by atoms with Gasteiger partial charge in [0.05, 0.1) is 12.1 Å². The zero-order chi connectivity index (χ0) is 10.7. The molecule has 2 atom stereocenters. The molecule has 3 N–H and O–H groups in total. The molecule has 2 aliphatic rings. The summed E-state index contributed by atoms with van der Waals surface area (Å²) in [5, 5.41) is 0. The van der Waals surface area contributed by atoms with Crippen molar-refractivity contribution in [2.45, 2.75) is 57.6 Å². The summed E-state index contributed by atoms with van der Waals surface area (Å²) in [5.41, 5.74) is 3.00. The minimum absolute atomic E-state index is 0.369. The van der Waals surface area contributed by atoms with Gasteiger partial charge in [-0.05, 0) is 37.5 Å². The van der Waals surface area contributed by atoms with Gasteiger partial charge in [0.1, 0.15) is 0 Å². The van der Waals surface area contributed by atoms with E-state index < -0.39 is 0 Å². The molecule has 1 aliphatic carbocycles. The Kier molecular flexibility index (Phi) is 4.00. The summed E-state index contributed by atoms with van der Waals surface area (Å²) in [5.74, 6) is 7.33. The highest BCUT2D eigenvalue weighted by molar-refractivity contribution is 4.87. The van der Waals surface area contributed by atoms with Crippen molar-refractivity contribution in [2.24, 2.45) is 17.7 Å². The summed E-state index contributed by atoms with van der Waals surface area (Å²) in [6.07, 6.45) is 8.09. The van der Waals surface area contributed by atoms with Crippen LogP contribution in [0.1, 0.15) is 45.4 Å². The molecule has 1 aliphatic heterocycles. The number of nitrogens with one attached hydrogen (secondary N) is 1. The third-order valence-corrected chi connectivity index (χ3v) is 4.13. The van der Waals surface area contributed by atoms with Crippen molar-refractivity contribution in [2.75, 3.05) is 6.61 Å². The van der Waals surface area contributed by atoms with E-state index in [0.29, 0.717) is 12.1 Å². The van der Waals surface area contributed by atoms with Crippen LogP contribution >= 0.6 is 0 Å². The molecule has 0 radical (unpaired) electrons. The Morgan fingerprint density at radius 1 is 1.20 bits per heavy atom. The maximum Gasteiger partial charge on any atom is 0.0745 e. The normalized spacial score (nSPS) is 39.2. The number of nitrogens with two attached hydrogens (primary N) is 1. The second-order valence-corrected chi connectivity index (χ2v) is 5.26. The number of hydrogen-bond acceptors (Lipinski definition) is 3. The van der Waals surface area contributed by atoms with E-state index in [2.05, 4.69) is 12.3 Å². The fraction of sp³-hybridized carbons (Fsp3) is 1.00. The molecule has 2 rings (SSSR count). The highest BCUT2D eigenvalue weighted by atomic mass is 16.5. The molecule has 0 aromatic heterocycles. The van der Waals surface area contributed by atoms with Crippen LogP contribution in [0.4, 0.5) is 0 Å². The molecule has 0 amide bonds. The van der Waals surface area contributed by atoms with Crippen LogP contribution in [0.2, 0.25) is 0 Å². The number of ether oxygens (including phenoxy) is 1. The largest absolute Gasteiger partial charge is 0.377 e. The topological polar surface area (TPSA) is 47.3 Å². The molecule has 15 heavy (non-hydrogen) atoms. The molecule has 1 saturated carbocycles. The Morgan fingerprint density at radius 2 is 1.93 bits per heavy atom. The Morgan fingerprint density at radius 3 is 2.47 bits per heavy atom. The van der Waals surface area contributed by atoms with Crippen molar-refractivity contribution in [3.05, 3.63) is 0 Å². The molecule has 0 bridgehead atoms. The maximum absolute atomic E-state index is 5.74. The molecule has 0 spiro atoms. The first-order chi connectivity index (χ1) is 7.31. The summed E-state index contributed by atoms with van der Waals surface area (Å²) in [6, 6.07) is 0.389. The number of hydrazine groups is 1. The van der Waals surface area contributed by atoms with Crippen molar-refractivity contribution in [1.29, 1.82) is 0 Å². The van der Waals surface area contributed by atoms with Crippen LogP contribution in [0.3, 0.4) is 0 Å². The maximum atomic E-state index is 5.74. The quantitative estimate of drug-likeness (QED) is 0.554. The predicted molar refractivity (Wildman–Crippen MR) is 61.2 cm³/mol. The van der Waals surface area contributed by atoms with Crippen molar-refractivity contribution < 1.29 is 4.74 Å². The average Bonchev–Trinajstić information content (AvgIpc) is 2.75. The fourth-order valence-corrected chi connectivity index (χ4v) is 3.08. The third-order valence-electron chi connectivity index (χ3n) is 4.13. The molecule has 2 fully saturated rings. The zero-order valence-corrected chi connectivity index (χ0v) is 9.74. The van der Waals surface area contributed by atoms with Crippen molar-refractivity contribution in [3.8, 4) is 0 Å². The molecular weight excluding hydrogens is 188 g/mol. The van der Waals surface area contributed by atoms with E-state index in [9.17, 15) is 0 Å². The first-order valence-corrected chi connectivity index (χ1v) is 6.39. The van der Waals surface area contributed by atoms with Gasteiger partial charge in [0.25, 0.3) is 0 Å². The molecule has 88 valence electrons. The Hall–Kier alpha value is -0.120. The Balaban J connectivity index is 1.88. The van der Waals surface area contributed by atoms with Gasteiger partial charge in [-0.1, -0.05) is 19.8 Å². The standard InChI is InChI=1S/C12H24N2O/c1-9-4-6-10(7-5-9)12(14-13)11-3-2-8-15-11/h9-12,14H,2-8,13H2,1H3. The monoisotopic (exact) mass is 212 g/mol. The molecule has 0 aromatic carbocycles. The van der Waals surface area contributed by atoms with E-state index in [0.717, 1.165) is 18.4 Å². The van der Waals surface area contributed by atoms with Gasteiger partial charge in [0.15, 0.2) is 0 Å². The first kappa shape index (κ1) is 11.4. The van der Waals surface area contributed by atoms with Crippen molar-refractivity contribution in [3.63, 3.8) is 0 Å². The lowest BCUT2D eigenvalue weighted by Gasteiger charge is -2.35. The molecule has 3 heteroatoms. The second-order valence-electron chi connectivity index (χ2n) is 5.26. The SMILES string of the molecule is CC1CCC(C(NN)C2CCCO2)CC1. The summed E-state index contributed by atoms with van der Waals surface area (Å²) in [6.45, 7) is 3.28. The Bertz CT molecular complexity index is 184. The van der Waals surface area contributed by atoms with Crippen molar-refractivity contribution >= 4 is 0 Å².